The molecule has 0 radical (unpaired) electrons. The quantitative estimate of drug-likeness (QED) is 0.294. The summed E-state index contributed by atoms with van der Waals surface area (Å²) in [5.41, 5.74) is 0.787. The number of para-hydroxylation sites is 1. The standard InChI is InChI=1S/C28H36F2N4O4S/c1-6-22(16-27(35)31-26-13-12-23(29)17-25(26)30)14-15-33(5)19(2)18-34(24-10-8-7-9-11-24)39(36,37)28-20(3)32-38-21(28)4/h7-13,17,19,22H,6,14-16,18H2,1-5H3,(H,31,35)/t19-,22?/m1/s1. The van der Waals surface area contributed by atoms with Crippen LogP contribution < -0.4 is 9.62 Å². The molecule has 0 fully saturated rings. The fourth-order valence-corrected chi connectivity index (χ4v) is 6.22. The summed E-state index contributed by atoms with van der Waals surface area (Å²) in [6, 6.07) is 11.8. The summed E-state index contributed by atoms with van der Waals surface area (Å²) in [6.07, 6.45) is 1.60. The third-order valence-electron chi connectivity index (χ3n) is 6.89. The third kappa shape index (κ3) is 7.63. The molecule has 1 aromatic heterocycles. The second kappa shape index (κ2) is 13.2. The van der Waals surface area contributed by atoms with E-state index in [4.69, 9.17) is 4.52 Å². The average molecular weight is 563 g/mol. The van der Waals surface area contributed by atoms with E-state index in [0.29, 0.717) is 24.3 Å². The van der Waals surface area contributed by atoms with Gasteiger partial charge in [0.1, 0.15) is 17.3 Å². The molecule has 0 aliphatic rings. The van der Waals surface area contributed by atoms with Crippen LogP contribution in [0.2, 0.25) is 0 Å². The van der Waals surface area contributed by atoms with Gasteiger partial charge in [-0.05, 0) is 71.0 Å². The zero-order valence-electron chi connectivity index (χ0n) is 22.9. The molecule has 0 aliphatic heterocycles. The summed E-state index contributed by atoms with van der Waals surface area (Å²) >= 11 is 0. The number of halogens is 2. The Morgan fingerprint density at radius 2 is 1.82 bits per heavy atom. The molecule has 1 unspecified atom stereocenters. The van der Waals surface area contributed by atoms with Crippen molar-refractivity contribution in [1.29, 1.82) is 0 Å². The lowest BCUT2D eigenvalue weighted by molar-refractivity contribution is -0.117. The van der Waals surface area contributed by atoms with E-state index in [0.717, 1.165) is 18.6 Å². The molecule has 0 bridgehead atoms. The van der Waals surface area contributed by atoms with Crippen molar-refractivity contribution in [1.82, 2.24) is 10.1 Å². The van der Waals surface area contributed by atoms with Crippen LogP contribution >= 0.6 is 0 Å². The summed E-state index contributed by atoms with van der Waals surface area (Å²) in [7, 11) is -2.03. The van der Waals surface area contributed by atoms with E-state index in [9.17, 15) is 22.0 Å². The molecule has 0 saturated carbocycles. The van der Waals surface area contributed by atoms with Crippen molar-refractivity contribution < 1.29 is 26.5 Å². The SMILES string of the molecule is CCC(CCN(C)[C@H](C)CN(c1ccccc1)S(=O)(=O)c1c(C)noc1C)CC(=O)Nc1ccc(F)cc1F. The van der Waals surface area contributed by atoms with Gasteiger partial charge in [0.05, 0.1) is 11.4 Å². The van der Waals surface area contributed by atoms with Crippen molar-refractivity contribution in [3.05, 3.63) is 71.6 Å². The van der Waals surface area contributed by atoms with Gasteiger partial charge in [-0.1, -0.05) is 36.7 Å². The molecule has 2 atom stereocenters. The first-order valence-electron chi connectivity index (χ1n) is 12.9. The van der Waals surface area contributed by atoms with Crippen LogP contribution in [0.4, 0.5) is 20.2 Å². The van der Waals surface area contributed by atoms with E-state index in [-0.39, 0.29) is 47.2 Å². The van der Waals surface area contributed by atoms with Crippen LogP contribution in [-0.2, 0) is 14.8 Å². The minimum absolute atomic E-state index is 0.0272. The van der Waals surface area contributed by atoms with Crippen molar-refractivity contribution in [2.24, 2.45) is 5.92 Å². The largest absolute Gasteiger partial charge is 0.360 e. The van der Waals surface area contributed by atoms with Crippen LogP contribution in [0, 0.1) is 31.4 Å². The van der Waals surface area contributed by atoms with E-state index in [1.165, 1.54) is 10.4 Å². The van der Waals surface area contributed by atoms with Gasteiger partial charge < -0.3 is 14.7 Å². The summed E-state index contributed by atoms with van der Waals surface area (Å²) in [6.45, 7) is 7.92. The maximum atomic E-state index is 13.9. The lowest BCUT2D eigenvalue weighted by Crippen LogP contribution is -2.44. The highest BCUT2D eigenvalue weighted by atomic mass is 32.2. The summed E-state index contributed by atoms with van der Waals surface area (Å²) in [4.78, 5) is 14.6. The molecule has 3 rings (SSSR count). The first kappa shape index (κ1) is 30.2. The van der Waals surface area contributed by atoms with Crippen molar-refractivity contribution in [3.63, 3.8) is 0 Å². The molecule has 11 heteroatoms. The number of sulfonamides is 1. The number of aryl methyl sites for hydroxylation is 2. The Bertz CT molecular complexity index is 1350. The molecule has 3 aromatic rings. The second-order valence-electron chi connectivity index (χ2n) is 9.79. The molecule has 212 valence electrons. The third-order valence-corrected chi connectivity index (χ3v) is 8.93. The van der Waals surface area contributed by atoms with Gasteiger partial charge >= 0.3 is 0 Å². The number of nitrogens with zero attached hydrogens (tertiary/aromatic N) is 3. The van der Waals surface area contributed by atoms with Gasteiger partial charge in [0.25, 0.3) is 10.0 Å². The highest BCUT2D eigenvalue weighted by Crippen LogP contribution is 2.28. The lowest BCUT2D eigenvalue weighted by Gasteiger charge is -2.32. The Labute approximate surface area is 229 Å². The minimum atomic E-state index is -3.95. The van der Waals surface area contributed by atoms with Crippen LogP contribution in [0.25, 0.3) is 0 Å². The Hall–Kier alpha value is -3.31. The number of nitrogens with one attached hydrogen (secondary N) is 1. The molecule has 0 spiro atoms. The van der Waals surface area contributed by atoms with E-state index in [2.05, 4.69) is 15.4 Å². The molecule has 1 N–H and O–H groups in total. The zero-order chi connectivity index (χ0) is 28.7. The predicted molar refractivity (Wildman–Crippen MR) is 147 cm³/mol. The lowest BCUT2D eigenvalue weighted by atomic mass is 9.97. The second-order valence-corrected chi connectivity index (χ2v) is 11.6. The number of rotatable bonds is 13. The Morgan fingerprint density at radius 3 is 2.41 bits per heavy atom. The van der Waals surface area contributed by atoms with Gasteiger partial charge in [-0.2, -0.15) is 0 Å². The van der Waals surface area contributed by atoms with E-state index in [1.807, 2.05) is 27.0 Å². The molecule has 8 nitrogen and oxygen atoms in total. The first-order chi connectivity index (χ1) is 18.4. The molecule has 0 aliphatic carbocycles. The zero-order valence-corrected chi connectivity index (χ0v) is 23.8. The smallest absolute Gasteiger partial charge is 0.269 e. The predicted octanol–water partition coefficient (Wildman–Crippen LogP) is 5.53. The molecule has 2 aromatic carbocycles. The summed E-state index contributed by atoms with van der Waals surface area (Å²) in [5, 5.41) is 6.34. The van der Waals surface area contributed by atoms with E-state index >= 15 is 0 Å². The van der Waals surface area contributed by atoms with Gasteiger partial charge in [-0.15, -0.1) is 0 Å². The maximum Gasteiger partial charge on any atom is 0.269 e. The highest BCUT2D eigenvalue weighted by Gasteiger charge is 2.33. The number of benzene rings is 2. The van der Waals surface area contributed by atoms with Gasteiger partial charge in [0, 0.05) is 25.1 Å². The van der Waals surface area contributed by atoms with Crippen molar-refractivity contribution in [2.75, 3.05) is 29.8 Å². The number of aromatic nitrogens is 1. The Balaban J connectivity index is 1.66. The average Bonchev–Trinajstić information content (AvgIpc) is 3.25. The minimum Gasteiger partial charge on any atom is -0.360 e. The molecular weight excluding hydrogens is 526 g/mol. The van der Waals surface area contributed by atoms with Crippen molar-refractivity contribution in [3.8, 4) is 0 Å². The summed E-state index contributed by atoms with van der Waals surface area (Å²) < 4.78 is 61.0. The number of likely N-dealkylation sites (N-methyl/N-ethyl adjacent to an activating group) is 1. The Morgan fingerprint density at radius 1 is 1.13 bits per heavy atom. The molecule has 0 saturated heterocycles. The van der Waals surface area contributed by atoms with Crippen LogP contribution in [0.5, 0.6) is 0 Å². The van der Waals surface area contributed by atoms with Crippen molar-refractivity contribution in [2.45, 2.75) is 57.9 Å². The van der Waals surface area contributed by atoms with Gasteiger partial charge in [0.15, 0.2) is 10.7 Å². The van der Waals surface area contributed by atoms with Crippen LogP contribution in [0.1, 0.15) is 44.6 Å². The molecule has 1 amide bonds. The van der Waals surface area contributed by atoms with E-state index < -0.39 is 21.7 Å². The number of carbonyl (C=O) groups is 1. The van der Waals surface area contributed by atoms with Crippen molar-refractivity contribution >= 4 is 27.3 Å². The van der Waals surface area contributed by atoms with Crippen LogP contribution in [0.15, 0.2) is 57.9 Å². The fraction of sp³-hybridized carbons (Fsp3) is 0.429. The molecular formula is C28H36F2N4O4S. The normalized spacial score (nSPS) is 13.3. The number of hydrogen-bond donors (Lipinski definition) is 1. The topological polar surface area (TPSA) is 95.8 Å². The number of amides is 1. The molecule has 39 heavy (non-hydrogen) atoms. The van der Waals surface area contributed by atoms with Gasteiger partial charge in [-0.25, -0.2) is 17.2 Å². The number of carbonyl (C=O) groups excluding carboxylic acids is 1. The van der Waals surface area contributed by atoms with Gasteiger partial charge in [-0.3, -0.25) is 9.10 Å². The van der Waals surface area contributed by atoms with Crippen LogP contribution in [0.3, 0.4) is 0 Å². The number of hydrogen-bond acceptors (Lipinski definition) is 6. The van der Waals surface area contributed by atoms with E-state index in [1.54, 1.807) is 38.1 Å². The first-order valence-corrected chi connectivity index (χ1v) is 14.3. The van der Waals surface area contributed by atoms with Gasteiger partial charge in [0.2, 0.25) is 5.91 Å². The highest BCUT2D eigenvalue weighted by molar-refractivity contribution is 7.93. The Kier molecular flexibility index (Phi) is 10.2. The number of anilines is 2. The fourth-order valence-electron chi connectivity index (χ4n) is 4.38. The monoisotopic (exact) mass is 562 g/mol. The maximum absolute atomic E-state index is 13.9. The summed E-state index contributed by atoms with van der Waals surface area (Å²) in [5.74, 6) is -1.61. The molecule has 1 heterocycles. The van der Waals surface area contributed by atoms with Crippen LogP contribution in [-0.4, -0.2) is 50.6 Å².